The number of β-amino-alcohol motifs (C(OH)–C–C–N with tert-alkyl or cyclic N) is 1. The topological polar surface area (TPSA) is 105 Å². The van der Waals surface area contributed by atoms with Crippen molar-refractivity contribution in [3.63, 3.8) is 0 Å². The molecule has 2 N–H and O–H groups in total. The van der Waals surface area contributed by atoms with Gasteiger partial charge in [0, 0.05) is 38.3 Å². The number of amides is 1. The van der Waals surface area contributed by atoms with Gasteiger partial charge >= 0.3 is 0 Å². The van der Waals surface area contributed by atoms with E-state index in [1.165, 1.54) is 0 Å². The van der Waals surface area contributed by atoms with Crippen molar-refractivity contribution in [3.8, 4) is 5.75 Å². The molecular formula is C22H26Cl2N6O3. The van der Waals surface area contributed by atoms with E-state index in [0.29, 0.717) is 33.7 Å². The van der Waals surface area contributed by atoms with Crippen LogP contribution in [0.1, 0.15) is 34.7 Å². The Hall–Kier alpha value is -2.46. The number of nitrogens with one attached hydrogen (secondary N) is 1. The lowest BCUT2D eigenvalue weighted by atomic mass is 10.1. The van der Waals surface area contributed by atoms with Crippen molar-refractivity contribution in [2.75, 3.05) is 26.2 Å². The minimum atomic E-state index is -0.703. The largest absolute Gasteiger partial charge is 0.490 e. The van der Waals surface area contributed by atoms with E-state index in [1.807, 2.05) is 13.0 Å². The van der Waals surface area contributed by atoms with Crippen molar-refractivity contribution in [3.05, 3.63) is 51.4 Å². The first kappa shape index (κ1) is 23.7. The van der Waals surface area contributed by atoms with Crippen molar-refractivity contribution in [1.82, 2.24) is 30.0 Å². The molecule has 0 saturated carbocycles. The molecule has 0 aliphatic carbocycles. The molecule has 11 heteroatoms. The van der Waals surface area contributed by atoms with Gasteiger partial charge in [0.1, 0.15) is 11.9 Å². The molecule has 1 fully saturated rings. The number of rotatable bonds is 7. The number of aryl methyl sites for hydroxylation is 2. The molecule has 0 bridgehead atoms. The van der Waals surface area contributed by atoms with Gasteiger partial charge in [0.2, 0.25) is 0 Å². The summed E-state index contributed by atoms with van der Waals surface area (Å²) < 4.78 is 7.60. The number of carbonyl (C=O) groups is 1. The Morgan fingerprint density at radius 2 is 1.97 bits per heavy atom. The number of aliphatic hydroxyl groups excluding tert-OH is 1. The van der Waals surface area contributed by atoms with Gasteiger partial charge in [0.05, 0.1) is 27.5 Å². The maximum absolute atomic E-state index is 12.6. The molecule has 1 aliphatic heterocycles. The van der Waals surface area contributed by atoms with Crippen LogP contribution in [0.15, 0.2) is 24.3 Å². The van der Waals surface area contributed by atoms with Gasteiger partial charge in [-0.2, -0.15) is 5.10 Å². The number of fused-ring (bicyclic) bond motifs is 1. The zero-order valence-electron chi connectivity index (χ0n) is 18.5. The van der Waals surface area contributed by atoms with Crippen LogP contribution in [-0.2, 0) is 0 Å². The first-order valence-corrected chi connectivity index (χ1v) is 11.6. The number of benzene rings is 1. The number of likely N-dealkylation sites (tertiary alicyclic amines) is 1. The van der Waals surface area contributed by atoms with E-state index in [1.54, 1.807) is 29.6 Å². The average Bonchev–Trinajstić information content (AvgIpc) is 3.17. The van der Waals surface area contributed by atoms with Crippen LogP contribution >= 0.6 is 23.2 Å². The SMILES string of the molecule is Cc1cc2nnc(C(=O)NCC(O)CN3CCC(Oc4ccc(Cl)c(Cl)c4)CC3)c(C)n2n1. The normalized spacial score (nSPS) is 16.2. The molecule has 1 saturated heterocycles. The summed E-state index contributed by atoms with van der Waals surface area (Å²) in [5, 5.41) is 26.5. The van der Waals surface area contributed by atoms with E-state index in [2.05, 4.69) is 25.5 Å². The van der Waals surface area contributed by atoms with Crippen LogP contribution in [0.5, 0.6) is 5.75 Å². The average molecular weight is 493 g/mol. The third kappa shape index (κ3) is 5.73. The van der Waals surface area contributed by atoms with E-state index in [4.69, 9.17) is 27.9 Å². The fraction of sp³-hybridized carbons (Fsp3) is 0.455. The molecule has 9 nitrogen and oxygen atoms in total. The Balaban J connectivity index is 1.23. The van der Waals surface area contributed by atoms with Crippen LogP contribution in [0, 0.1) is 13.8 Å². The van der Waals surface area contributed by atoms with Crippen LogP contribution < -0.4 is 10.1 Å². The highest BCUT2D eigenvalue weighted by molar-refractivity contribution is 6.42. The molecule has 0 radical (unpaired) electrons. The highest BCUT2D eigenvalue weighted by atomic mass is 35.5. The number of nitrogens with zero attached hydrogens (tertiary/aromatic N) is 5. The molecular weight excluding hydrogens is 467 g/mol. The number of carbonyl (C=O) groups excluding carboxylic acids is 1. The second-order valence-electron chi connectivity index (χ2n) is 8.25. The van der Waals surface area contributed by atoms with E-state index in [0.717, 1.165) is 31.6 Å². The van der Waals surface area contributed by atoms with Crippen molar-refractivity contribution < 1.29 is 14.6 Å². The van der Waals surface area contributed by atoms with E-state index < -0.39 is 6.10 Å². The van der Waals surface area contributed by atoms with Crippen LogP contribution in [0.25, 0.3) is 5.65 Å². The molecule has 1 unspecified atom stereocenters. The molecule has 3 aromatic rings. The second kappa shape index (κ2) is 10.2. The lowest BCUT2D eigenvalue weighted by Crippen LogP contribution is -2.45. The number of hydrogen-bond acceptors (Lipinski definition) is 7. The summed E-state index contributed by atoms with van der Waals surface area (Å²) in [5.41, 5.74) is 2.18. The van der Waals surface area contributed by atoms with E-state index in [-0.39, 0.29) is 24.2 Å². The predicted molar refractivity (Wildman–Crippen MR) is 125 cm³/mol. The summed E-state index contributed by atoms with van der Waals surface area (Å²) in [6, 6.07) is 7.05. The molecule has 176 valence electrons. The summed E-state index contributed by atoms with van der Waals surface area (Å²) in [7, 11) is 0. The van der Waals surface area contributed by atoms with Crippen molar-refractivity contribution >= 4 is 34.8 Å². The number of halogens is 2. The van der Waals surface area contributed by atoms with Crippen LogP contribution in [0.2, 0.25) is 10.0 Å². The standard InChI is InChI=1S/C22H26Cl2N6O3/c1-13-9-20-26-27-21(14(2)30(20)28-13)22(32)25-11-15(31)12-29-7-5-16(6-8-29)33-17-3-4-18(23)19(24)10-17/h3-4,9-10,15-16,31H,5-8,11-12H2,1-2H3,(H,25,32). The maximum atomic E-state index is 12.6. The van der Waals surface area contributed by atoms with Gasteiger partial charge in [-0.25, -0.2) is 4.52 Å². The third-order valence-corrected chi connectivity index (χ3v) is 6.38. The highest BCUT2D eigenvalue weighted by Gasteiger charge is 2.23. The van der Waals surface area contributed by atoms with Crippen molar-refractivity contribution in [2.24, 2.45) is 0 Å². The number of hydrogen-bond donors (Lipinski definition) is 2. The van der Waals surface area contributed by atoms with Gasteiger partial charge in [-0.05, 0) is 38.8 Å². The number of ether oxygens (including phenoxy) is 1. The molecule has 1 aliphatic rings. The molecule has 1 aromatic carbocycles. The predicted octanol–water partition coefficient (Wildman–Crippen LogP) is 2.68. The lowest BCUT2D eigenvalue weighted by molar-refractivity contribution is 0.0593. The van der Waals surface area contributed by atoms with Gasteiger partial charge in [0.25, 0.3) is 5.91 Å². The van der Waals surface area contributed by atoms with Crippen molar-refractivity contribution in [2.45, 2.75) is 38.9 Å². The molecule has 1 atom stereocenters. The third-order valence-electron chi connectivity index (χ3n) is 5.64. The monoisotopic (exact) mass is 492 g/mol. The van der Waals surface area contributed by atoms with Crippen LogP contribution in [0.4, 0.5) is 0 Å². The van der Waals surface area contributed by atoms with Gasteiger partial charge in [-0.1, -0.05) is 23.2 Å². The van der Waals surface area contributed by atoms with E-state index >= 15 is 0 Å². The first-order valence-electron chi connectivity index (χ1n) is 10.8. The van der Waals surface area contributed by atoms with Gasteiger partial charge < -0.3 is 20.1 Å². The summed E-state index contributed by atoms with van der Waals surface area (Å²) in [5.74, 6) is 0.315. The summed E-state index contributed by atoms with van der Waals surface area (Å²) in [6.45, 7) is 5.78. The maximum Gasteiger partial charge on any atom is 0.273 e. The van der Waals surface area contributed by atoms with Crippen LogP contribution in [0.3, 0.4) is 0 Å². The second-order valence-corrected chi connectivity index (χ2v) is 9.06. The minimum absolute atomic E-state index is 0.0812. The minimum Gasteiger partial charge on any atom is -0.490 e. The fourth-order valence-corrected chi connectivity index (χ4v) is 4.18. The molecule has 0 spiro atoms. The Kier molecular flexibility index (Phi) is 7.33. The molecule has 3 heterocycles. The number of piperidine rings is 1. The lowest BCUT2D eigenvalue weighted by Gasteiger charge is -2.33. The number of aromatic nitrogens is 4. The highest BCUT2D eigenvalue weighted by Crippen LogP contribution is 2.28. The Morgan fingerprint density at radius 3 is 2.70 bits per heavy atom. The Bertz CT molecular complexity index is 1150. The molecule has 33 heavy (non-hydrogen) atoms. The molecule has 1 amide bonds. The Morgan fingerprint density at radius 1 is 1.21 bits per heavy atom. The molecule has 4 rings (SSSR count). The number of aliphatic hydroxyl groups is 1. The Labute approximate surface area is 201 Å². The fourth-order valence-electron chi connectivity index (χ4n) is 3.90. The van der Waals surface area contributed by atoms with Gasteiger partial charge in [-0.15, -0.1) is 10.2 Å². The summed E-state index contributed by atoms with van der Waals surface area (Å²) in [4.78, 5) is 14.7. The molecule has 2 aromatic heterocycles. The summed E-state index contributed by atoms with van der Waals surface area (Å²) in [6.07, 6.45) is 1.04. The van der Waals surface area contributed by atoms with Gasteiger partial charge in [0.15, 0.2) is 11.3 Å². The van der Waals surface area contributed by atoms with Crippen LogP contribution in [-0.4, -0.2) is 74.1 Å². The summed E-state index contributed by atoms with van der Waals surface area (Å²) >= 11 is 12.0. The van der Waals surface area contributed by atoms with E-state index in [9.17, 15) is 9.90 Å². The zero-order chi connectivity index (χ0) is 23.5. The first-order chi connectivity index (χ1) is 15.8. The van der Waals surface area contributed by atoms with Crippen molar-refractivity contribution in [1.29, 1.82) is 0 Å². The quantitative estimate of drug-likeness (QED) is 0.522. The van der Waals surface area contributed by atoms with Gasteiger partial charge in [-0.3, -0.25) is 4.79 Å². The smallest absolute Gasteiger partial charge is 0.273 e. The zero-order valence-corrected chi connectivity index (χ0v) is 20.0.